The van der Waals surface area contributed by atoms with E-state index in [1.165, 1.54) is 0 Å². The van der Waals surface area contributed by atoms with Gasteiger partial charge in [-0.3, -0.25) is 0 Å². The highest BCUT2D eigenvalue weighted by Gasteiger charge is 2.23. The number of rotatable bonds is 6. The molecule has 0 aliphatic carbocycles. The van der Waals surface area contributed by atoms with Gasteiger partial charge in [-0.15, -0.1) is 0 Å². The van der Waals surface area contributed by atoms with Crippen LogP contribution in [0.25, 0.3) is 0 Å². The van der Waals surface area contributed by atoms with Gasteiger partial charge < -0.3 is 9.47 Å². The molecule has 0 N–H and O–H groups in total. The summed E-state index contributed by atoms with van der Waals surface area (Å²) in [5.74, 6) is -1.79. The lowest BCUT2D eigenvalue weighted by molar-refractivity contribution is 0.0333. The van der Waals surface area contributed by atoms with E-state index in [9.17, 15) is 17.6 Å². The van der Waals surface area contributed by atoms with Crippen molar-refractivity contribution in [3.8, 4) is 0 Å². The van der Waals surface area contributed by atoms with E-state index in [1.807, 2.05) is 0 Å². The molecule has 0 saturated carbocycles. The van der Waals surface area contributed by atoms with Gasteiger partial charge in [0.05, 0.1) is 16.6 Å². The summed E-state index contributed by atoms with van der Waals surface area (Å²) in [6, 6.07) is 1.57. The van der Waals surface area contributed by atoms with E-state index in [-0.39, 0.29) is 23.2 Å². The fraction of sp³-hybridized carbons (Fsp3) is 0.364. The topological polar surface area (TPSA) is 69.7 Å². The molecule has 0 spiro atoms. The first-order valence-corrected chi connectivity index (χ1v) is 8.56. The summed E-state index contributed by atoms with van der Waals surface area (Å²) in [6.45, 7) is 2.41. The molecule has 0 aliphatic rings. The zero-order valence-electron chi connectivity index (χ0n) is 10.4. The molecule has 0 bridgehead atoms. The molecular formula is C11H11BrClFO5S. The Morgan fingerprint density at radius 2 is 2.05 bits per heavy atom. The predicted molar refractivity (Wildman–Crippen MR) is 73.9 cm³/mol. The van der Waals surface area contributed by atoms with Crippen LogP contribution in [-0.4, -0.2) is 34.2 Å². The largest absolute Gasteiger partial charge is 0.460 e. The van der Waals surface area contributed by atoms with Crippen molar-refractivity contribution in [3.63, 3.8) is 0 Å². The van der Waals surface area contributed by atoms with Crippen molar-refractivity contribution in [2.75, 3.05) is 19.8 Å². The number of carbonyl (C=O) groups excluding carboxylic acids is 1. The minimum atomic E-state index is -4.19. The molecule has 0 unspecified atom stereocenters. The van der Waals surface area contributed by atoms with Crippen LogP contribution in [-0.2, 0) is 18.5 Å². The zero-order valence-corrected chi connectivity index (χ0v) is 13.5. The third-order valence-electron chi connectivity index (χ3n) is 2.15. The molecule has 0 heterocycles. The fourth-order valence-electron chi connectivity index (χ4n) is 1.31. The van der Waals surface area contributed by atoms with E-state index in [4.69, 9.17) is 20.2 Å². The number of ether oxygens (including phenoxy) is 2. The first-order valence-electron chi connectivity index (χ1n) is 5.46. The molecule has 1 aromatic carbocycles. The lowest BCUT2D eigenvalue weighted by Gasteiger charge is -2.09. The van der Waals surface area contributed by atoms with Crippen molar-refractivity contribution in [1.82, 2.24) is 0 Å². The molecular weight excluding hydrogens is 379 g/mol. The number of halogens is 3. The zero-order chi connectivity index (χ0) is 15.3. The Labute approximate surface area is 128 Å². The summed E-state index contributed by atoms with van der Waals surface area (Å²) < 4.78 is 45.6. The van der Waals surface area contributed by atoms with E-state index >= 15 is 0 Å². The highest BCUT2D eigenvalue weighted by Crippen LogP contribution is 2.30. The number of benzene rings is 1. The monoisotopic (exact) mass is 388 g/mol. The van der Waals surface area contributed by atoms with Crippen LogP contribution in [0.1, 0.15) is 17.3 Å². The predicted octanol–water partition coefficient (Wildman–Crippen LogP) is 2.71. The Kier molecular flexibility index (Phi) is 6.38. The Hall–Kier alpha value is -0.700. The maximum atomic E-state index is 13.4. The van der Waals surface area contributed by atoms with Crippen LogP contribution in [0.4, 0.5) is 4.39 Å². The first-order chi connectivity index (χ1) is 9.27. The number of hydrogen-bond donors (Lipinski definition) is 0. The first kappa shape index (κ1) is 17.4. The molecule has 1 aromatic rings. The average molecular weight is 390 g/mol. The van der Waals surface area contributed by atoms with Crippen molar-refractivity contribution in [3.05, 3.63) is 28.0 Å². The molecule has 9 heteroatoms. The van der Waals surface area contributed by atoms with E-state index < -0.39 is 25.7 Å². The molecule has 20 heavy (non-hydrogen) atoms. The van der Waals surface area contributed by atoms with E-state index in [2.05, 4.69) is 15.9 Å². The molecule has 0 fully saturated rings. The van der Waals surface area contributed by atoms with Gasteiger partial charge in [-0.05, 0) is 35.0 Å². The summed E-state index contributed by atoms with van der Waals surface area (Å²) >= 11 is 2.91. The van der Waals surface area contributed by atoms with Gasteiger partial charge in [-0.2, -0.15) is 0 Å². The maximum Gasteiger partial charge on any atom is 0.339 e. The minimum absolute atomic E-state index is 0.0292. The molecule has 0 amide bonds. The molecule has 0 radical (unpaired) electrons. The van der Waals surface area contributed by atoms with Crippen molar-refractivity contribution < 1.29 is 27.1 Å². The lowest BCUT2D eigenvalue weighted by atomic mass is 10.2. The quantitative estimate of drug-likeness (QED) is 0.425. The normalized spacial score (nSPS) is 11.4. The fourth-order valence-corrected chi connectivity index (χ4v) is 3.56. The summed E-state index contributed by atoms with van der Waals surface area (Å²) in [5.41, 5.74) is -0.263. The smallest absolute Gasteiger partial charge is 0.339 e. The molecule has 112 valence electrons. The third-order valence-corrected chi connectivity index (χ3v) is 4.61. The van der Waals surface area contributed by atoms with Crippen molar-refractivity contribution in [1.29, 1.82) is 0 Å². The lowest BCUT2D eigenvalue weighted by Crippen LogP contribution is -2.12. The van der Waals surface area contributed by atoms with Gasteiger partial charge in [-0.1, -0.05) is 0 Å². The molecule has 5 nitrogen and oxygen atoms in total. The number of esters is 1. The summed E-state index contributed by atoms with van der Waals surface area (Å²) in [7, 11) is 0.973. The van der Waals surface area contributed by atoms with Gasteiger partial charge in [0.2, 0.25) is 0 Å². The van der Waals surface area contributed by atoms with Gasteiger partial charge in [0, 0.05) is 17.3 Å². The van der Waals surface area contributed by atoms with Gasteiger partial charge in [0.25, 0.3) is 9.05 Å². The summed E-state index contributed by atoms with van der Waals surface area (Å²) in [5, 5.41) is 0. The Morgan fingerprint density at radius 3 is 2.60 bits per heavy atom. The highest BCUT2D eigenvalue weighted by atomic mass is 79.9. The van der Waals surface area contributed by atoms with Crippen molar-refractivity contribution in [2.45, 2.75) is 11.8 Å². The Bertz CT molecular complexity index is 605. The maximum absolute atomic E-state index is 13.4. The van der Waals surface area contributed by atoms with Gasteiger partial charge in [-0.25, -0.2) is 17.6 Å². The van der Waals surface area contributed by atoms with E-state index in [0.717, 1.165) is 6.07 Å². The number of carbonyl (C=O) groups is 1. The van der Waals surface area contributed by atoms with Gasteiger partial charge in [0.15, 0.2) is 0 Å². The summed E-state index contributed by atoms with van der Waals surface area (Å²) in [4.78, 5) is 11.2. The van der Waals surface area contributed by atoms with Crippen molar-refractivity contribution >= 4 is 41.6 Å². The third kappa shape index (κ3) is 4.69. The second-order valence-electron chi connectivity index (χ2n) is 3.54. The standard InChI is InChI=1S/C11H11BrClFO5S/c1-2-18-3-4-19-11(15)8-5-7(14)6-9(10(8)12)20(13,16)17/h5-6H,2-4H2,1H3. The molecule has 0 aliphatic heterocycles. The molecule has 0 atom stereocenters. The molecule has 1 rings (SSSR count). The second kappa shape index (κ2) is 7.35. The second-order valence-corrected chi connectivity index (χ2v) is 6.86. The van der Waals surface area contributed by atoms with Crippen LogP contribution in [0.2, 0.25) is 0 Å². The minimum Gasteiger partial charge on any atom is -0.460 e. The van der Waals surface area contributed by atoms with Crippen LogP contribution in [0.3, 0.4) is 0 Å². The SMILES string of the molecule is CCOCCOC(=O)c1cc(F)cc(S(=O)(=O)Cl)c1Br. The van der Waals surface area contributed by atoms with Crippen LogP contribution in [0, 0.1) is 5.82 Å². The van der Waals surface area contributed by atoms with Crippen molar-refractivity contribution in [2.24, 2.45) is 0 Å². The highest BCUT2D eigenvalue weighted by molar-refractivity contribution is 9.10. The van der Waals surface area contributed by atoms with Crippen LogP contribution >= 0.6 is 26.6 Å². The Balaban J connectivity index is 3.01. The van der Waals surface area contributed by atoms with E-state index in [0.29, 0.717) is 12.7 Å². The van der Waals surface area contributed by atoms with Gasteiger partial charge in [0.1, 0.15) is 17.3 Å². The number of hydrogen-bond acceptors (Lipinski definition) is 5. The van der Waals surface area contributed by atoms with E-state index in [1.54, 1.807) is 6.92 Å². The molecule has 0 aromatic heterocycles. The van der Waals surface area contributed by atoms with Gasteiger partial charge >= 0.3 is 5.97 Å². The summed E-state index contributed by atoms with van der Waals surface area (Å²) in [6.07, 6.45) is 0. The average Bonchev–Trinajstić information content (AvgIpc) is 2.35. The van der Waals surface area contributed by atoms with Crippen LogP contribution < -0.4 is 0 Å². The Morgan fingerprint density at radius 1 is 1.40 bits per heavy atom. The molecule has 0 saturated heterocycles. The van der Waals surface area contributed by atoms with Crippen LogP contribution in [0.5, 0.6) is 0 Å². The van der Waals surface area contributed by atoms with Crippen LogP contribution in [0.15, 0.2) is 21.5 Å².